The molecule has 0 radical (unpaired) electrons. The molecule has 2 aromatic heterocycles. The van der Waals surface area contributed by atoms with Gasteiger partial charge >= 0.3 is 0 Å². The summed E-state index contributed by atoms with van der Waals surface area (Å²) >= 11 is 6.07. The molecule has 0 saturated heterocycles. The van der Waals surface area contributed by atoms with E-state index in [1.165, 1.54) is 0 Å². The minimum atomic E-state index is -1.17. The quantitative estimate of drug-likeness (QED) is 0.434. The Bertz CT molecular complexity index is 899. The summed E-state index contributed by atoms with van der Waals surface area (Å²) in [6.45, 7) is 7.88. The molecule has 1 amide bonds. The first-order chi connectivity index (χ1) is 12.8. The summed E-state index contributed by atoms with van der Waals surface area (Å²) in [5.41, 5.74) is 2.56. The highest BCUT2D eigenvalue weighted by atomic mass is 35.5. The van der Waals surface area contributed by atoms with E-state index in [0.717, 1.165) is 28.6 Å². The van der Waals surface area contributed by atoms with Crippen molar-refractivity contribution in [2.24, 2.45) is 0 Å². The lowest BCUT2D eigenvalue weighted by Gasteiger charge is -2.23. The van der Waals surface area contributed by atoms with Crippen molar-refractivity contribution < 1.29 is 9.53 Å². The van der Waals surface area contributed by atoms with Gasteiger partial charge in [0.05, 0.1) is 5.41 Å². The number of nitrogens with zero attached hydrogens (tertiary/aromatic N) is 3. The second-order valence-electron chi connectivity index (χ2n) is 8.67. The van der Waals surface area contributed by atoms with Crippen molar-refractivity contribution in [1.29, 1.82) is 0 Å². The number of fused-ring (bicyclic) bond motifs is 3. The lowest BCUT2D eigenvalue weighted by Crippen LogP contribution is -2.42. The Kier molecular flexibility index (Phi) is 4.61. The molecule has 1 spiro atoms. The lowest BCUT2D eigenvalue weighted by molar-refractivity contribution is -0.124. The van der Waals surface area contributed by atoms with Crippen LogP contribution in [0.3, 0.4) is 0 Å². The van der Waals surface area contributed by atoms with E-state index in [2.05, 4.69) is 29.6 Å². The van der Waals surface area contributed by atoms with Gasteiger partial charge in [-0.3, -0.25) is 9.69 Å². The molecule has 0 unspecified atom stereocenters. The van der Waals surface area contributed by atoms with Gasteiger partial charge < -0.3 is 4.74 Å². The van der Waals surface area contributed by atoms with Gasteiger partial charge in [0.1, 0.15) is 17.7 Å². The van der Waals surface area contributed by atoms with E-state index in [4.69, 9.17) is 16.3 Å². The highest BCUT2D eigenvalue weighted by Crippen LogP contribution is 2.49. The smallest absolute Gasteiger partial charge is 0.241 e. The van der Waals surface area contributed by atoms with Crippen molar-refractivity contribution in [2.45, 2.75) is 43.9 Å². The maximum Gasteiger partial charge on any atom is 0.241 e. The molecule has 3 heterocycles. The molecule has 1 aliphatic carbocycles. The molecule has 0 N–H and O–H groups in total. The van der Waals surface area contributed by atoms with Crippen LogP contribution >= 0.6 is 11.6 Å². The number of hydrogen-bond donors (Lipinski definition) is 0. The fourth-order valence-electron chi connectivity index (χ4n) is 3.98. The summed E-state index contributed by atoms with van der Waals surface area (Å²) in [5, 5.41) is 0.467. The molecule has 4 rings (SSSR count). The normalized spacial score (nSPS) is 21.0. The number of carbonyl (C=O) groups is 1. The molecule has 2 aliphatic rings. The number of aromatic nitrogens is 2. The van der Waals surface area contributed by atoms with Crippen LogP contribution < -0.4 is 4.90 Å². The zero-order chi connectivity index (χ0) is 19.2. The average molecular weight is 402 g/mol. The van der Waals surface area contributed by atoms with Crippen LogP contribution in [-0.4, -0.2) is 37.3 Å². The predicted molar refractivity (Wildman–Crippen MR) is 109 cm³/mol. The van der Waals surface area contributed by atoms with Gasteiger partial charge in [-0.1, -0.05) is 37.3 Å². The van der Waals surface area contributed by atoms with Gasteiger partial charge in [-0.2, -0.15) is 0 Å². The summed E-state index contributed by atoms with van der Waals surface area (Å²) in [6, 6.07) is 6.87. The Hall–Kier alpha value is -1.76. The number of halogens is 1. The van der Waals surface area contributed by atoms with E-state index < -0.39 is 13.5 Å². The van der Waals surface area contributed by atoms with Crippen molar-refractivity contribution in [1.82, 2.24) is 9.97 Å². The van der Waals surface area contributed by atoms with E-state index in [9.17, 15) is 4.79 Å². The maximum atomic E-state index is 13.5. The van der Waals surface area contributed by atoms with Crippen LogP contribution in [0.15, 0.2) is 30.6 Å². The highest BCUT2D eigenvalue weighted by Gasteiger charge is 2.54. The number of amides is 1. The third-order valence-corrected chi connectivity index (χ3v) is 7.37. The van der Waals surface area contributed by atoms with Crippen molar-refractivity contribution in [3.8, 4) is 0 Å². The molecular formula is C20H24ClN3O2Si. The van der Waals surface area contributed by atoms with Crippen LogP contribution in [0.25, 0.3) is 0 Å². The van der Waals surface area contributed by atoms with E-state index in [-0.39, 0.29) is 12.6 Å². The van der Waals surface area contributed by atoms with E-state index in [0.29, 0.717) is 24.6 Å². The predicted octanol–water partition coefficient (Wildman–Crippen LogP) is 3.83. The summed E-state index contributed by atoms with van der Waals surface area (Å²) in [6.07, 6.45) is 4.80. The van der Waals surface area contributed by atoms with Gasteiger partial charge in [-0.15, -0.1) is 0 Å². The second-order valence-corrected chi connectivity index (χ2v) is 14.7. The first-order valence-electron chi connectivity index (χ1n) is 9.29. The first kappa shape index (κ1) is 18.6. The Balaban J connectivity index is 1.60. The number of anilines is 1. The second kappa shape index (κ2) is 6.69. The standard InChI is InChI=1S/C20H24ClN3O2Si/c1-27(2,3)8-7-26-13-24-18-16(5-4-6-22-18)20(19(24)25)10-14-9-17(21)23-12-15(14)11-20/h4-6,9,12H,7-8,10-11,13H2,1-3H3/t20-/m0/s1. The molecule has 5 nitrogen and oxygen atoms in total. The summed E-state index contributed by atoms with van der Waals surface area (Å²) in [4.78, 5) is 23.9. The summed E-state index contributed by atoms with van der Waals surface area (Å²) < 4.78 is 5.89. The molecule has 1 aliphatic heterocycles. The largest absolute Gasteiger partial charge is 0.361 e. The molecule has 2 aromatic rings. The molecule has 0 aromatic carbocycles. The van der Waals surface area contributed by atoms with Gasteiger partial charge in [-0.25, -0.2) is 9.97 Å². The van der Waals surface area contributed by atoms with Crippen LogP contribution in [0, 0.1) is 0 Å². The van der Waals surface area contributed by atoms with Crippen LogP contribution in [0.4, 0.5) is 5.82 Å². The Morgan fingerprint density at radius 3 is 2.81 bits per heavy atom. The molecule has 7 heteroatoms. The third-order valence-electron chi connectivity index (χ3n) is 5.46. The zero-order valence-electron chi connectivity index (χ0n) is 16.0. The van der Waals surface area contributed by atoms with Gasteiger partial charge in [0, 0.05) is 32.6 Å². The average Bonchev–Trinajstić information content (AvgIpc) is 3.09. The fraction of sp³-hybridized carbons (Fsp3) is 0.450. The Morgan fingerprint density at radius 1 is 1.26 bits per heavy atom. The molecule has 27 heavy (non-hydrogen) atoms. The van der Waals surface area contributed by atoms with E-state index in [1.54, 1.807) is 17.3 Å². The van der Waals surface area contributed by atoms with Crippen LogP contribution in [0.1, 0.15) is 16.7 Å². The maximum absolute atomic E-state index is 13.5. The van der Waals surface area contributed by atoms with Gasteiger partial charge in [0.15, 0.2) is 0 Å². The molecule has 0 bridgehead atoms. The Labute approximate surface area is 165 Å². The minimum absolute atomic E-state index is 0.0662. The molecule has 0 saturated carbocycles. The van der Waals surface area contributed by atoms with Crippen LogP contribution in [0.5, 0.6) is 0 Å². The van der Waals surface area contributed by atoms with Crippen LogP contribution in [0.2, 0.25) is 30.8 Å². The number of rotatable bonds is 5. The van der Waals surface area contributed by atoms with E-state index >= 15 is 0 Å². The number of hydrogen-bond acceptors (Lipinski definition) is 4. The van der Waals surface area contributed by atoms with Gasteiger partial charge in [0.2, 0.25) is 5.91 Å². The van der Waals surface area contributed by atoms with Gasteiger partial charge in [-0.05, 0) is 42.1 Å². The molecule has 1 atom stereocenters. The molecule has 142 valence electrons. The van der Waals surface area contributed by atoms with Crippen molar-refractivity contribution in [2.75, 3.05) is 18.2 Å². The number of carbonyl (C=O) groups excluding carboxylic acids is 1. The first-order valence-corrected chi connectivity index (χ1v) is 13.4. The number of pyridine rings is 2. The van der Waals surface area contributed by atoms with E-state index in [1.807, 2.05) is 18.2 Å². The topological polar surface area (TPSA) is 55.3 Å². The van der Waals surface area contributed by atoms with Crippen LogP contribution in [-0.2, 0) is 27.8 Å². The SMILES string of the molecule is C[Si](C)(C)CCOCN1C(=O)[C@@]2(Cc3cnc(Cl)cc3C2)c2cccnc21. The van der Waals surface area contributed by atoms with Crippen molar-refractivity contribution in [3.63, 3.8) is 0 Å². The zero-order valence-corrected chi connectivity index (χ0v) is 17.7. The highest BCUT2D eigenvalue weighted by molar-refractivity contribution is 6.76. The lowest BCUT2D eigenvalue weighted by atomic mass is 9.79. The molecular weight excluding hydrogens is 378 g/mol. The number of ether oxygens (including phenoxy) is 1. The summed E-state index contributed by atoms with van der Waals surface area (Å²) in [7, 11) is -1.17. The monoisotopic (exact) mass is 401 g/mol. The van der Waals surface area contributed by atoms with Crippen molar-refractivity contribution in [3.05, 3.63) is 52.4 Å². The van der Waals surface area contributed by atoms with Crippen molar-refractivity contribution >= 4 is 31.4 Å². The Morgan fingerprint density at radius 2 is 2.04 bits per heavy atom. The summed E-state index contributed by atoms with van der Waals surface area (Å²) in [5.74, 6) is 0.791. The third kappa shape index (κ3) is 3.30. The van der Waals surface area contributed by atoms with Gasteiger partial charge in [0.25, 0.3) is 0 Å². The fourth-order valence-corrected chi connectivity index (χ4v) is 4.92. The minimum Gasteiger partial charge on any atom is -0.361 e. The molecule has 0 fully saturated rings.